The normalized spacial score (nSPS) is 13.6. The molecule has 0 bridgehead atoms. The molecule has 0 unspecified atom stereocenters. The summed E-state index contributed by atoms with van der Waals surface area (Å²) in [5.41, 5.74) is 2.16. The van der Waals surface area contributed by atoms with E-state index in [-0.39, 0.29) is 17.0 Å². The average Bonchev–Trinajstić information content (AvgIpc) is 3.42. The largest absolute Gasteiger partial charge is 0.493 e. The lowest BCUT2D eigenvalue weighted by molar-refractivity contribution is -0.116. The van der Waals surface area contributed by atoms with Crippen LogP contribution >= 0.6 is 0 Å². The molecule has 8 nitrogen and oxygen atoms in total. The number of hydrazine groups is 1. The zero-order valence-corrected chi connectivity index (χ0v) is 22.7. The monoisotopic (exact) mass is 554 g/mol. The summed E-state index contributed by atoms with van der Waals surface area (Å²) in [6.07, 6.45) is 2.94. The van der Waals surface area contributed by atoms with Crippen molar-refractivity contribution in [1.82, 2.24) is 9.36 Å². The molecular formula is C34H26N4O4. The van der Waals surface area contributed by atoms with Crippen molar-refractivity contribution in [1.29, 1.82) is 0 Å². The van der Waals surface area contributed by atoms with Crippen LogP contribution in [0, 0.1) is 0 Å². The molecule has 6 rings (SSSR count). The van der Waals surface area contributed by atoms with Crippen molar-refractivity contribution in [2.45, 2.75) is 6.92 Å². The molecule has 1 aliphatic rings. The van der Waals surface area contributed by atoms with Gasteiger partial charge >= 0.3 is 0 Å². The van der Waals surface area contributed by atoms with Gasteiger partial charge in [0.15, 0.2) is 0 Å². The Morgan fingerprint density at radius 3 is 1.38 bits per heavy atom. The Hall–Kier alpha value is -5.89. The van der Waals surface area contributed by atoms with Gasteiger partial charge in [-0.05, 0) is 73.2 Å². The number of aromatic hydroxyl groups is 1. The van der Waals surface area contributed by atoms with Crippen LogP contribution in [0.25, 0.3) is 17.5 Å². The number of amides is 2. The van der Waals surface area contributed by atoms with Crippen molar-refractivity contribution < 1.29 is 14.7 Å². The molecule has 0 radical (unpaired) electrons. The number of hydrogen-bond acceptors (Lipinski definition) is 4. The molecule has 5 aromatic rings. The van der Waals surface area contributed by atoms with Crippen molar-refractivity contribution in [2.75, 3.05) is 10.0 Å². The van der Waals surface area contributed by atoms with Gasteiger partial charge in [-0.15, -0.1) is 0 Å². The van der Waals surface area contributed by atoms with E-state index in [4.69, 9.17) is 0 Å². The zero-order chi connectivity index (χ0) is 29.2. The number of rotatable bonds is 6. The van der Waals surface area contributed by atoms with Crippen molar-refractivity contribution in [3.05, 3.63) is 154 Å². The molecule has 1 aromatic heterocycles. The lowest BCUT2D eigenvalue weighted by atomic mass is 10.1. The summed E-state index contributed by atoms with van der Waals surface area (Å²) in [5.74, 6) is -1.28. The second-order valence-corrected chi connectivity index (χ2v) is 9.69. The summed E-state index contributed by atoms with van der Waals surface area (Å²) in [6, 6.07) is 35.9. The number of nitrogens with zero attached hydrogens (tertiary/aromatic N) is 4. The maximum absolute atomic E-state index is 13.7. The number of carbonyl (C=O) groups is 2. The molecule has 2 heterocycles. The molecule has 0 spiro atoms. The molecule has 8 heteroatoms. The van der Waals surface area contributed by atoms with E-state index >= 15 is 0 Å². The predicted molar refractivity (Wildman–Crippen MR) is 163 cm³/mol. The summed E-state index contributed by atoms with van der Waals surface area (Å²) in [7, 11) is 0. The molecule has 206 valence electrons. The lowest BCUT2D eigenvalue weighted by Gasteiger charge is -2.27. The Labute approximate surface area is 241 Å². The van der Waals surface area contributed by atoms with Crippen LogP contribution in [0.1, 0.15) is 12.5 Å². The second-order valence-electron chi connectivity index (χ2n) is 9.69. The van der Waals surface area contributed by atoms with Gasteiger partial charge in [-0.25, -0.2) is 19.4 Å². The third kappa shape index (κ3) is 4.61. The fourth-order valence-electron chi connectivity index (χ4n) is 4.97. The quantitative estimate of drug-likeness (QED) is 0.217. The molecule has 2 amide bonds. The average molecular weight is 555 g/mol. The Morgan fingerprint density at radius 2 is 0.952 bits per heavy atom. The number of anilines is 2. The first-order valence-electron chi connectivity index (χ1n) is 13.3. The van der Waals surface area contributed by atoms with Gasteiger partial charge in [-0.3, -0.25) is 14.4 Å². The van der Waals surface area contributed by atoms with Crippen molar-refractivity contribution in [3.63, 3.8) is 0 Å². The van der Waals surface area contributed by atoms with Crippen LogP contribution in [0.4, 0.5) is 11.4 Å². The van der Waals surface area contributed by atoms with Gasteiger partial charge in [0.25, 0.3) is 17.4 Å². The molecule has 42 heavy (non-hydrogen) atoms. The van der Waals surface area contributed by atoms with Crippen LogP contribution < -0.4 is 15.6 Å². The predicted octanol–water partition coefficient (Wildman–Crippen LogP) is 5.66. The van der Waals surface area contributed by atoms with E-state index in [2.05, 4.69) is 0 Å². The minimum Gasteiger partial charge on any atom is -0.493 e. The highest BCUT2D eigenvalue weighted by molar-refractivity contribution is 6.36. The molecule has 4 aromatic carbocycles. The topological polar surface area (TPSA) is 87.8 Å². The van der Waals surface area contributed by atoms with Gasteiger partial charge in [0.1, 0.15) is 11.1 Å². The SMILES string of the molecule is CC(=Cc1c(O)n(-c2ccccc2)n(-c2ccccc2)c1=O)C=C1C(=O)N(c2ccccc2)N(c2ccccc2)C1=O. The minimum absolute atomic E-state index is 0.0229. The molecular weight excluding hydrogens is 528 g/mol. The summed E-state index contributed by atoms with van der Waals surface area (Å²) in [5, 5.41) is 14.0. The zero-order valence-electron chi connectivity index (χ0n) is 22.7. The summed E-state index contributed by atoms with van der Waals surface area (Å²) >= 11 is 0. The minimum atomic E-state index is -0.504. The number of benzene rings is 4. The van der Waals surface area contributed by atoms with E-state index in [1.807, 2.05) is 36.4 Å². The molecule has 1 fully saturated rings. The Balaban J connectivity index is 1.46. The Kier molecular flexibility index (Phi) is 6.86. The van der Waals surface area contributed by atoms with Gasteiger partial charge in [0, 0.05) is 0 Å². The summed E-state index contributed by atoms with van der Waals surface area (Å²) in [6.45, 7) is 1.68. The maximum atomic E-state index is 13.7. The Bertz CT molecular complexity index is 1830. The van der Waals surface area contributed by atoms with Gasteiger partial charge in [-0.1, -0.05) is 72.8 Å². The standard InChI is InChI=1S/C34H26N4O4/c1-24(22-29-31(39)35(25-14-6-2-7-15-25)36(32(29)40)26-16-8-3-9-17-26)23-30-33(41)37(27-18-10-4-11-19-27)38(34(30)42)28-20-12-5-13-21-28/h2-23,39H,1H3. The van der Waals surface area contributed by atoms with Crippen LogP contribution in [-0.2, 0) is 9.59 Å². The molecule has 0 saturated carbocycles. The number of allylic oxidation sites excluding steroid dienone is 2. The number of hydrogen-bond donors (Lipinski definition) is 1. The van der Waals surface area contributed by atoms with E-state index in [1.54, 1.807) is 91.9 Å². The number of carbonyl (C=O) groups excluding carboxylic acids is 2. The van der Waals surface area contributed by atoms with E-state index in [9.17, 15) is 19.5 Å². The first kappa shape index (κ1) is 26.3. The van der Waals surface area contributed by atoms with Gasteiger partial charge in [0.2, 0.25) is 5.88 Å². The van der Waals surface area contributed by atoms with Crippen LogP contribution in [-0.4, -0.2) is 26.3 Å². The molecule has 0 aliphatic carbocycles. The van der Waals surface area contributed by atoms with Crippen LogP contribution in [0.5, 0.6) is 5.88 Å². The summed E-state index contributed by atoms with van der Waals surface area (Å²) in [4.78, 5) is 41.1. The fraction of sp³-hybridized carbons (Fsp3) is 0.0294. The van der Waals surface area contributed by atoms with Gasteiger partial charge in [0.05, 0.1) is 22.7 Å². The highest BCUT2D eigenvalue weighted by Gasteiger charge is 2.42. The first-order chi connectivity index (χ1) is 20.5. The van der Waals surface area contributed by atoms with Crippen molar-refractivity contribution in [3.8, 4) is 17.3 Å². The van der Waals surface area contributed by atoms with E-state index in [0.29, 0.717) is 28.3 Å². The third-order valence-corrected chi connectivity index (χ3v) is 6.86. The van der Waals surface area contributed by atoms with Crippen LogP contribution in [0.3, 0.4) is 0 Å². The van der Waals surface area contributed by atoms with Gasteiger partial charge < -0.3 is 5.11 Å². The van der Waals surface area contributed by atoms with E-state index in [0.717, 1.165) is 0 Å². The Morgan fingerprint density at radius 1 is 0.571 bits per heavy atom. The molecule has 1 saturated heterocycles. The molecule has 1 N–H and O–H groups in total. The number of para-hydroxylation sites is 4. The van der Waals surface area contributed by atoms with Crippen molar-refractivity contribution in [2.24, 2.45) is 0 Å². The second kappa shape index (κ2) is 10.9. The third-order valence-electron chi connectivity index (χ3n) is 6.86. The first-order valence-corrected chi connectivity index (χ1v) is 13.3. The van der Waals surface area contributed by atoms with E-state index < -0.39 is 17.4 Å². The highest BCUT2D eigenvalue weighted by atomic mass is 16.3. The summed E-state index contributed by atoms with van der Waals surface area (Å²) < 4.78 is 2.82. The van der Waals surface area contributed by atoms with Crippen LogP contribution in [0.2, 0.25) is 0 Å². The van der Waals surface area contributed by atoms with Crippen molar-refractivity contribution >= 4 is 29.3 Å². The maximum Gasteiger partial charge on any atom is 0.283 e. The lowest BCUT2D eigenvalue weighted by Crippen LogP contribution is -2.41. The highest BCUT2D eigenvalue weighted by Crippen LogP contribution is 2.32. The fourth-order valence-corrected chi connectivity index (χ4v) is 4.97. The smallest absolute Gasteiger partial charge is 0.283 e. The number of aromatic nitrogens is 2. The molecule has 1 aliphatic heterocycles. The molecule has 0 atom stereocenters. The van der Waals surface area contributed by atoms with Gasteiger partial charge in [-0.2, -0.15) is 0 Å². The van der Waals surface area contributed by atoms with E-state index in [1.165, 1.54) is 31.5 Å². The van der Waals surface area contributed by atoms with Crippen LogP contribution in [0.15, 0.2) is 143 Å².